The minimum absolute atomic E-state index is 0.0198. The Bertz CT molecular complexity index is 1320. The Morgan fingerprint density at radius 3 is 2.29 bits per heavy atom. The van der Waals surface area contributed by atoms with E-state index in [1.807, 2.05) is 31.2 Å². The maximum atomic E-state index is 13.9. The van der Waals surface area contributed by atoms with E-state index in [9.17, 15) is 13.2 Å². The van der Waals surface area contributed by atoms with Crippen molar-refractivity contribution in [2.75, 3.05) is 37.1 Å². The van der Waals surface area contributed by atoms with Gasteiger partial charge in [-0.2, -0.15) is 0 Å². The average Bonchev–Trinajstić information content (AvgIpc) is 3.22. The Hall–Kier alpha value is -3.72. The molecule has 3 aromatic rings. The molecule has 35 heavy (non-hydrogen) atoms. The number of nitrogens with zero attached hydrogens (tertiary/aromatic N) is 2. The van der Waals surface area contributed by atoms with Gasteiger partial charge in [-0.1, -0.05) is 18.2 Å². The van der Waals surface area contributed by atoms with Gasteiger partial charge >= 0.3 is 0 Å². The summed E-state index contributed by atoms with van der Waals surface area (Å²) in [6.07, 6.45) is 0.715. The van der Waals surface area contributed by atoms with Gasteiger partial charge in [0.1, 0.15) is 12.3 Å². The Balaban J connectivity index is 1.75. The van der Waals surface area contributed by atoms with Crippen LogP contribution in [0.5, 0.6) is 17.2 Å². The molecule has 1 aliphatic heterocycles. The molecule has 0 N–H and O–H groups in total. The van der Waals surface area contributed by atoms with Crippen LogP contribution in [0.1, 0.15) is 12.5 Å². The Kier molecular flexibility index (Phi) is 6.88. The number of hydrogen-bond acceptors (Lipinski definition) is 6. The molecule has 1 atom stereocenters. The van der Waals surface area contributed by atoms with E-state index in [0.29, 0.717) is 23.6 Å². The van der Waals surface area contributed by atoms with Gasteiger partial charge in [-0.05, 0) is 61.4 Å². The number of ether oxygens (including phenoxy) is 3. The number of para-hydroxylation sites is 1. The van der Waals surface area contributed by atoms with E-state index in [1.54, 1.807) is 29.2 Å². The zero-order valence-electron chi connectivity index (χ0n) is 20.1. The molecule has 0 spiro atoms. The van der Waals surface area contributed by atoms with Crippen LogP contribution in [-0.2, 0) is 21.2 Å². The van der Waals surface area contributed by atoms with Crippen LogP contribution in [0.4, 0.5) is 11.4 Å². The fourth-order valence-electron chi connectivity index (χ4n) is 4.31. The van der Waals surface area contributed by atoms with E-state index < -0.39 is 10.0 Å². The lowest BCUT2D eigenvalue weighted by molar-refractivity contribution is -0.117. The number of methoxy groups -OCH3 is 3. The van der Waals surface area contributed by atoms with Crippen LogP contribution in [0, 0.1) is 0 Å². The summed E-state index contributed by atoms with van der Waals surface area (Å²) in [4.78, 5) is 15.2. The number of rotatable bonds is 8. The molecule has 184 valence electrons. The Labute approximate surface area is 205 Å². The fourth-order valence-corrected chi connectivity index (χ4v) is 5.74. The van der Waals surface area contributed by atoms with Gasteiger partial charge in [0.25, 0.3) is 10.0 Å². The summed E-state index contributed by atoms with van der Waals surface area (Å²) < 4.78 is 44.6. The first-order valence-corrected chi connectivity index (χ1v) is 12.5. The minimum atomic E-state index is -4.14. The minimum Gasteiger partial charge on any atom is -0.497 e. The largest absolute Gasteiger partial charge is 0.497 e. The number of benzene rings is 3. The van der Waals surface area contributed by atoms with Crippen molar-refractivity contribution in [3.63, 3.8) is 0 Å². The van der Waals surface area contributed by atoms with Crippen LogP contribution in [0.25, 0.3) is 0 Å². The van der Waals surface area contributed by atoms with Crippen molar-refractivity contribution in [2.45, 2.75) is 24.3 Å². The predicted octanol–water partition coefficient (Wildman–Crippen LogP) is 3.89. The second kappa shape index (κ2) is 9.87. The molecule has 0 fully saturated rings. The van der Waals surface area contributed by atoms with Gasteiger partial charge < -0.3 is 19.1 Å². The van der Waals surface area contributed by atoms with Crippen LogP contribution in [-0.4, -0.2) is 48.2 Å². The van der Waals surface area contributed by atoms with Crippen molar-refractivity contribution >= 4 is 27.3 Å². The quantitative estimate of drug-likeness (QED) is 0.471. The molecule has 4 rings (SSSR count). The molecule has 9 heteroatoms. The molecule has 1 heterocycles. The lowest BCUT2D eigenvalue weighted by Gasteiger charge is -2.29. The van der Waals surface area contributed by atoms with Crippen molar-refractivity contribution < 1.29 is 27.4 Å². The maximum absolute atomic E-state index is 13.9. The first kappa shape index (κ1) is 24.4. The van der Waals surface area contributed by atoms with Gasteiger partial charge in [-0.3, -0.25) is 9.10 Å². The predicted molar refractivity (Wildman–Crippen MR) is 134 cm³/mol. The van der Waals surface area contributed by atoms with Crippen LogP contribution in [0.3, 0.4) is 0 Å². The number of sulfonamides is 1. The van der Waals surface area contributed by atoms with Crippen LogP contribution < -0.4 is 23.4 Å². The van der Waals surface area contributed by atoms with Crippen molar-refractivity contribution in [1.82, 2.24) is 0 Å². The van der Waals surface area contributed by atoms with Crippen molar-refractivity contribution in [3.8, 4) is 17.2 Å². The molecule has 8 nitrogen and oxygen atoms in total. The van der Waals surface area contributed by atoms with Crippen LogP contribution in [0.2, 0.25) is 0 Å². The summed E-state index contributed by atoms with van der Waals surface area (Å²) in [7, 11) is 0.301. The van der Waals surface area contributed by atoms with Crippen molar-refractivity contribution in [2.24, 2.45) is 0 Å². The summed E-state index contributed by atoms with van der Waals surface area (Å²) >= 11 is 0. The van der Waals surface area contributed by atoms with E-state index in [4.69, 9.17) is 14.2 Å². The van der Waals surface area contributed by atoms with Gasteiger partial charge in [0, 0.05) is 17.8 Å². The number of anilines is 2. The molecule has 1 aliphatic rings. The van der Waals surface area contributed by atoms with E-state index in [1.165, 1.54) is 39.5 Å². The lowest BCUT2D eigenvalue weighted by Crippen LogP contribution is -2.45. The summed E-state index contributed by atoms with van der Waals surface area (Å²) in [5, 5.41) is 0. The molecular weight excluding hydrogens is 468 g/mol. The topological polar surface area (TPSA) is 85.4 Å². The van der Waals surface area contributed by atoms with Crippen molar-refractivity contribution in [1.29, 1.82) is 0 Å². The van der Waals surface area contributed by atoms with E-state index in [2.05, 4.69) is 0 Å². The monoisotopic (exact) mass is 496 g/mol. The third kappa shape index (κ3) is 4.64. The molecule has 3 aromatic carbocycles. The highest BCUT2D eigenvalue weighted by atomic mass is 32.2. The molecular formula is C26H28N2O6S. The number of carbonyl (C=O) groups is 1. The molecule has 0 bridgehead atoms. The zero-order valence-corrected chi connectivity index (χ0v) is 20.9. The molecule has 0 saturated carbocycles. The van der Waals surface area contributed by atoms with Crippen LogP contribution >= 0.6 is 0 Å². The van der Waals surface area contributed by atoms with E-state index >= 15 is 0 Å². The highest BCUT2D eigenvalue weighted by molar-refractivity contribution is 7.92. The van der Waals surface area contributed by atoms with Gasteiger partial charge in [-0.15, -0.1) is 0 Å². The van der Waals surface area contributed by atoms with Gasteiger partial charge in [0.05, 0.1) is 31.9 Å². The van der Waals surface area contributed by atoms with E-state index in [0.717, 1.165) is 15.6 Å². The highest BCUT2D eigenvalue weighted by Crippen LogP contribution is 2.35. The number of amides is 1. The summed E-state index contributed by atoms with van der Waals surface area (Å²) in [6, 6.07) is 18.5. The SMILES string of the molecule is COc1ccc(N(CC(=O)N2c3ccccc3C[C@@H]2C)S(=O)(=O)c2ccc(OC)c(OC)c2)cc1. The smallest absolute Gasteiger partial charge is 0.264 e. The zero-order chi connectivity index (χ0) is 25.2. The lowest BCUT2D eigenvalue weighted by atomic mass is 10.1. The molecule has 0 saturated heterocycles. The molecule has 0 radical (unpaired) electrons. The second-order valence-corrected chi connectivity index (χ2v) is 10.0. The Morgan fingerprint density at radius 2 is 1.63 bits per heavy atom. The maximum Gasteiger partial charge on any atom is 0.264 e. The number of hydrogen-bond donors (Lipinski definition) is 0. The standard InChI is InChI=1S/C26H28N2O6S/c1-18-15-19-7-5-6-8-23(19)28(18)26(29)17-27(20-9-11-21(32-2)12-10-20)35(30,31)22-13-14-24(33-3)25(16-22)34-4/h5-14,16,18H,15,17H2,1-4H3/t18-/m0/s1. The normalized spacial score (nSPS) is 14.9. The fraction of sp³-hybridized carbons (Fsp3) is 0.269. The van der Waals surface area contributed by atoms with Gasteiger partial charge in [0.2, 0.25) is 5.91 Å². The van der Waals surface area contributed by atoms with Crippen LogP contribution in [0.15, 0.2) is 71.6 Å². The Morgan fingerprint density at radius 1 is 0.943 bits per heavy atom. The average molecular weight is 497 g/mol. The molecule has 0 aliphatic carbocycles. The number of fused-ring (bicyclic) bond motifs is 1. The first-order chi connectivity index (χ1) is 16.8. The van der Waals surface area contributed by atoms with Gasteiger partial charge in [0.15, 0.2) is 11.5 Å². The van der Waals surface area contributed by atoms with Crippen molar-refractivity contribution in [3.05, 3.63) is 72.3 Å². The summed E-state index contributed by atoms with van der Waals surface area (Å²) in [5.74, 6) is 0.936. The summed E-state index contributed by atoms with van der Waals surface area (Å²) in [6.45, 7) is 1.58. The van der Waals surface area contributed by atoms with E-state index in [-0.39, 0.29) is 29.1 Å². The second-order valence-electron chi connectivity index (χ2n) is 8.17. The molecule has 0 aromatic heterocycles. The third-order valence-electron chi connectivity index (χ3n) is 6.06. The van der Waals surface area contributed by atoms with Gasteiger partial charge in [-0.25, -0.2) is 8.42 Å². The highest BCUT2D eigenvalue weighted by Gasteiger charge is 2.35. The first-order valence-electron chi connectivity index (χ1n) is 11.1. The molecule has 0 unspecified atom stereocenters. The molecule has 1 amide bonds. The summed E-state index contributed by atoms with van der Waals surface area (Å²) in [5.41, 5.74) is 2.21. The number of carbonyl (C=O) groups excluding carboxylic acids is 1. The third-order valence-corrected chi connectivity index (χ3v) is 7.83.